The zero-order valence-electron chi connectivity index (χ0n) is 15.5. The summed E-state index contributed by atoms with van der Waals surface area (Å²) in [5.41, 5.74) is 4.25. The van der Waals surface area contributed by atoms with Crippen molar-refractivity contribution in [2.24, 2.45) is 0 Å². The van der Waals surface area contributed by atoms with E-state index in [0.717, 1.165) is 22.9 Å². The van der Waals surface area contributed by atoms with Gasteiger partial charge >= 0.3 is 5.97 Å². The molecule has 8 heteroatoms. The van der Waals surface area contributed by atoms with Crippen molar-refractivity contribution >= 4 is 46.1 Å². The topological polar surface area (TPSA) is 98.2 Å². The molecule has 3 aromatic rings. The van der Waals surface area contributed by atoms with Crippen LogP contribution in [0.1, 0.15) is 34.3 Å². The SMILES string of the molecule is Cc1ccc(C)c(C(=O)CCC(=O)OCC(=O)Nc2cccc3nsnc23)c1. The third-order valence-electron chi connectivity index (χ3n) is 4.17. The quantitative estimate of drug-likeness (QED) is 0.484. The van der Waals surface area contributed by atoms with Crippen LogP contribution < -0.4 is 5.32 Å². The van der Waals surface area contributed by atoms with Crippen molar-refractivity contribution in [3.05, 3.63) is 53.1 Å². The number of fused-ring (bicyclic) bond motifs is 1. The third-order valence-corrected chi connectivity index (χ3v) is 4.72. The smallest absolute Gasteiger partial charge is 0.306 e. The summed E-state index contributed by atoms with van der Waals surface area (Å²) in [6.45, 7) is 3.34. The Morgan fingerprint density at radius 1 is 1.07 bits per heavy atom. The molecule has 1 amide bonds. The van der Waals surface area contributed by atoms with E-state index in [1.807, 2.05) is 32.0 Å². The second kappa shape index (κ2) is 8.71. The predicted molar refractivity (Wildman–Crippen MR) is 106 cm³/mol. The molecule has 1 aromatic heterocycles. The van der Waals surface area contributed by atoms with Crippen molar-refractivity contribution in [1.29, 1.82) is 0 Å². The lowest BCUT2D eigenvalue weighted by Crippen LogP contribution is -2.21. The first-order valence-electron chi connectivity index (χ1n) is 8.71. The molecule has 7 nitrogen and oxygen atoms in total. The van der Waals surface area contributed by atoms with Crippen LogP contribution in [0.4, 0.5) is 5.69 Å². The molecule has 0 saturated heterocycles. The van der Waals surface area contributed by atoms with Crippen molar-refractivity contribution in [2.75, 3.05) is 11.9 Å². The summed E-state index contributed by atoms with van der Waals surface area (Å²) in [5.74, 6) is -1.19. The maximum Gasteiger partial charge on any atom is 0.306 e. The van der Waals surface area contributed by atoms with Crippen LogP contribution >= 0.6 is 11.7 Å². The van der Waals surface area contributed by atoms with Crippen LogP contribution in [0.15, 0.2) is 36.4 Å². The van der Waals surface area contributed by atoms with E-state index in [0.29, 0.717) is 22.3 Å². The van der Waals surface area contributed by atoms with Crippen LogP contribution in [0.2, 0.25) is 0 Å². The number of carbonyl (C=O) groups is 3. The molecule has 3 rings (SSSR count). The number of aromatic nitrogens is 2. The number of esters is 1. The van der Waals surface area contributed by atoms with Gasteiger partial charge in [0.05, 0.1) is 23.8 Å². The maximum atomic E-state index is 12.3. The minimum absolute atomic E-state index is 0.0363. The molecule has 1 heterocycles. The van der Waals surface area contributed by atoms with Gasteiger partial charge in [0, 0.05) is 12.0 Å². The molecule has 0 bridgehead atoms. The van der Waals surface area contributed by atoms with Crippen LogP contribution in [-0.4, -0.2) is 33.0 Å². The highest BCUT2D eigenvalue weighted by molar-refractivity contribution is 7.00. The lowest BCUT2D eigenvalue weighted by molar-refractivity contribution is -0.147. The van der Waals surface area contributed by atoms with E-state index in [1.54, 1.807) is 18.2 Å². The van der Waals surface area contributed by atoms with Crippen LogP contribution in [0.5, 0.6) is 0 Å². The van der Waals surface area contributed by atoms with Crippen LogP contribution in [0, 0.1) is 13.8 Å². The molecule has 28 heavy (non-hydrogen) atoms. The molecule has 0 aliphatic heterocycles. The molecule has 0 fully saturated rings. The average Bonchev–Trinajstić information content (AvgIpc) is 3.16. The molecule has 0 atom stereocenters. The van der Waals surface area contributed by atoms with Gasteiger partial charge in [-0.15, -0.1) is 0 Å². The molecular weight excluding hydrogens is 378 g/mol. The third kappa shape index (κ3) is 4.77. The molecule has 2 aromatic carbocycles. The molecule has 0 radical (unpaired) electrons. The van der Waals surface area contributed by atoms with Gasteiger partial charge in [-0.1, -0.05) is 23.8 Å². The van der Waals surface area contributed by atoms with Gasteiger partial charge in [0.2, 0.25) is 0 Å². The van der Waals surface area contributed by atoms with E-state index in [1.165, 1.54) is 0 Å². The molecule has 144 valence electrons. The summed E-state index contributed by atoms with van der Waals surface area (Å²) in [5, 5.41) is 2.65. The molecular formula is C20H19N3O4S. The Balaban J connectivity index is 1.47. The zero-order valence-corrected chi connectivity index (χ0v) is 16.3. The standard InChI is InChI=1S/C20H19N3O4S/c1-12-6-7-13(2)14(10-12)17(24)8-9-19(26)27-11-18(25)21-15-4-3-5-16-20(15)23-28-22-16/h3-7,10H,8-9,11H2,1-2H3,(H,21,25). The predicted octanol–water partition coefficient (Wildman–Crippen LogP) is 3.45. The highest BCUT2D eigenvalue weighted by Gasteiger charge is 2.14. The van der Waals surface area contributed by atoms with E-state index in [9.17, 15) is 14.4 Å². The number of hydrogen-bond acceptors (Lipinski definition) is 7. The fourth-order valence-electron chi connectivity index (χ4n) is 2.70. The summed E-state index contributed by atoms with van der Waals surface area (Å²) in [6, 6.07) is 10.9. The van der Waals surface area contributed by atoms with Gasteiger partial charge in [-0.3, -0.25) is 14.4 Å². The van der Waals surface area contributed by atoms with Crippen LogP contribution in [0.25, 0.3) is 11.0 Å². The minimum atomic E-state index is -0.595. The van der Waals surface area contributed by atoms with Gasteiger partial charge < -0.3 is 10.1 Å². The monoisotopic (exact) mass is 397 g/mol. The molecule has 1 N–H and O–H groups in total. The summed E-state index contributed by atoms with van der Waals surface area (Å²) < 4.78 is 13.2. The van der Waals surface area contributed by atoms with Crippen molar-refractivity contribution in [3.8, 4) is 0 Å². The van der Waals surface area contributed by atoms with E-state index in [2.05, 4.69) is 14.1 Å². The number of ether oxygens (including phenoxy) is 1. The van der Waals surface area contributed by atoms with E-state index < -0.39 is 18.5 Å². The normalized spacial score (nSPS) is 10.6. The Bertz CT molecular complexity index is 1040. The second-order valence-electron chi connectivity index (χ2n) is 6.39. The van der Waals surface area contributed by atoms with Gasteiger partial charge in [-0.2, -0.15) is 8.75 Å². The fraction of sp³-hybridized carbons (Fsp3) is 0.250. The van der Waals surface area contributed by atoms with Crippen molar-refractivity contribution in [3.63, 3.8) is 0 Å². The Hall–Kier alpha value is -3.13. The van der Waals surface area contributed by atoms with Gasteiger partial charge in [-0.05, 0) is 37.6 Å². The highest BCUT2D eigenvalue weighted by Crippen LogP contribution is 2.21. The van der Waals surface area contributed by atoms with Crippen molar-refractivity contribution in [1.82, 2.24) is 8.75 Å². The Kier molecular flexibility index (Phi) is 6.10. The number of ketones is 1. The fourth-order valence-corrected chi connectivity index (χ4v) is 3.25. The average molecular weight is 397 g/mol. The lowest BCUT2D eigenvalue weighted by atomic mass is 9.99. The summed E-state index contributed by atoms with van der Waals surface area (Å²) in [7, 11) is 0. The Morgan fingerprint density at radius 3 is 2.71 bits per heavy atom. The summed E-state index contributed by atoms with van der Waals surface area (Å²) >= 11 is 1.05. The minimum Gasteiger partial charge on any atom is -0.456 e. The van der Waals surface area contributed by atoms with E-state index >= 15 is 0 Å². The first-order chi connectivity index (χ1) is 13.4. The van der Waals surface area contributed by atoms with Crippen molar-refractivity contribution in [2.45, 2.75) is 26.7 Å². The number of carbonyl (C=O) groups excluding carboxylic acids is 3. The number of aryl methyl sites for hydroxylation is 2. The number of rotatable bonds is 7. The second-order valence-corrected chi connectivity index (χ2v) is 6.92. The number of amides is 1. The first-order valence-corrected chi connectivity index (χ1v) is 9.44. The van der Waals surface area contributed by atoms with Gasteiger partial charge in [-0.25, -0.2) is 0 Å². The number of benzene rings is 2. The van der Waals surface area contributed by atoms with Gasteiger partial charge in [0.1, 0.15) is 11.0 Å². The number of Topliss-reactive ketones (excluding diaryl/α,β-unsaturated/α-hetero) is 1. The van der Waals surface area contributed by atoms with Crippen LogP contribution in [-0.2, 0) is 14.3 Å². The molecule has 0 spiro atoms. The molecule has 0 saturated carbocycles. The Morgan fingerprint density at radius 2 is 1.89 bits per heavy atom. The number of anilines is 1. The molecule has 0 aliphatic rings. The number of hydrogen-bond donors (Lipinski definition) is 1. The Labute approximate surface area is 166 Å². The van der Waals surface area contributed by atoms with E-state index in [4.69, 9.17) is 4.74 Å². The van der Waals surface area contributed by atoms with Gasteiger partial charge in [0.15, 0.2) is 12.4 Å². The largest absolute Gasteiger partial charge is 0.456 e. The van der Waals surface area contributed by atoms with Crippen LogP contribution in [0.3, 0.4) is 0 Å². The summed E-state index contributed by atoms with van der Waals surface area (Å²) in [6.07, 6.45) is -0.0420. The van der Waals surface area contributed by atoms with Gasteiger partial charge in [0.25, 0.3) is 5.91 Å². The van der Waals surface area contributed by atoms with E-state index in [-0.39, 0.29) is 18.6 Å². The van der Waals surface area contributed by atoms with Crippen molar-refractivity contribution < 1.29 is 19.1 Å². The first kappa shape index (κ1) is 19.6. The summed E-state index contributed by atoms with van der Waals surface area (Å²) in [4.78, 5) is 36.2. The molecule has 0 aliphatic carbocycles. The zero-order chi connectivity index (χ0) is 20.1. The highest BCUT2D eigenvalue weighted by atomic mass is 32.1. The number of nitrogens with zero attached hydrogens (tertiary/aromatic N) is 2. The lowest BCUT2D eigenvalue weighted by Gasteiger charge is -2.08. The molecule has 0 unspecified atom stereocenters. The number of nitrogens with one attached hydrogen (secondary N) is 1. The maximum absolute atomic E-state index is 12.3.